The Morgan fingerprint density at radius 3 is 2.52 bits per heavy atom. The number of benzene rings is 1. The van der Waals surface area contributed by atoms with Gasteiger partial charge in [-0.05, 0) is 24.3 Å². The van der Waals surface area contributed by atoms with Crippen LogP contribution < -0.4 is 10.9 Å². The first-order valence-electron chi connectivity index (χ1n) is 7.24. The van der Waals surface area contributed by atoms with Gasteiger partial charge < -0.3 is 14.6 Å². The number of anilines is 1. The third-order valence-corrected chi connectivity index (χ3v) is 3.47. The molecule has 0 atom stereocenters. The quantitative estimate of drug-likeness (QED) is 0.612. The van der Waals surface area contributed by atoms with E-state index in [0.717, 1.165) is 12.1 Å². The predicted octanol–water partition coefficient (Wildman–Crippen LogP) is 2.84. The van der Waals surface area contributed by atoms with Crippen LogP contribution in [0.4, 0.5) is 23.2 Å². The zero-order chi connectivity index (χ0) is 20.2. The van der Waals surface area contributed by atoms with Gasteiger partial charge in [-0.1, -0.05) is 11.6 Å². The van der Waals surface area contributed by atoms with E-state index in [1.54, 1.807) is 0 Å². The lowest BCUT2D eigenvalue weighted by Gasteiger charge is -2.11. The molecule has 1 N–H and O–H groups in total. The predicted molar refractivity (Wildman–Crippen MR) is 86.7 cm³/mol. The average molecular weight is 407 g/mol. The number of ether oxygens (including phenoxy) is 1. The van der Waals surface area contributed by atoms with Crippen LogP contribution in [0, 0.1) is 5.82 Å². The van der Waals surface area contributed by atoms with Crippen molar-refractivity contribution in [2.45, 2.75) is 12.7 Å². The number of aromatic nitrogens is 1. The molecule has 1 aromatic heterocycles. The van der Waals surface area contributed by atoms with Crippen LogP contribution in [-0.2, 0) is 27.0 Å². The topological polar surface area (TPSA) is 77.4 Å². The minimum absolute atomic E-state index is 0.150. The molecule has 144 valence electrons. The summed E-state index contributed by atoms with van der Waals surface area (Å²) in [4.78, 5) is 34.9. The van der Waals surface area contributed by atoms with Crippen LogP contribution in [0.1, 0.15) is 5.56 Å². The highest BCUT2D eigenvalue weighted by Gasteiger charge is 2.31. The maximum atomic E-state index is 13.0. The fraction of sp³-hybridized carbons (Fsp3) is 0.188. The van der Waals surface area contributed by atoms with Gasteiger partial charge in [0.1, 0.15) is 12.4 Å². The summed E-state index contributed by atoms with van der Waals surface area (Å²) in [6.45, 7) is -1.57. The van der Waals surface area contributed by atoms with E-state index in [9.17, 15) is 31.9 Å². The van der Waals surface area contributed by atoms with Crippen molar-refractivity contribution in [1.82, 2.24) is 4.57 Å². The summed E-state index contributed by atoms with van der Waals surface area (Å²) < 4.78 is 56.1. The lowest BCUT2D eigenvalue weighted by molar-refractivity contribution is -0.148. The first kappa shape index (κ1) is 20.4. The van der Waals surface area contributed by atoms with E-state index in [2.05, 4.69) is 10.1 Å². The molecule has 27 heavy (non-hydrogen) atoms. The third-order valence-electron chi connectivity index (χ3n) is 3.18. The number of pyridine rings is 1. The molecule has 0 spiro atoms. The molecule has 0 saturated heterocycles. The Balaban J connectivity index is 1.93. The van der Waals surface area contributed by atoms with Crippen LogP contribution in [0.15, 0.2) is 41.3 Å². The van der Waals surface area contributed by atoms with Crippen molar-refractivity contribution < 1.29 is 31.9 Å². The maximum absolute atomic E-state index is 13.0. The third kappa shape index (κ3) is 5.81. The fourth-order valence-electron chi connectivity index (χ4n) is 1.92. The van der Waals surface area contributed by atoms with E-state index in [-0.39, 0.29) is 10.7 Å². The summed E-state index contributed by atoms with van der Waals surface area (Å²) >= 11 is 5.55. The van der Waals surface area contributed by atoms with Gasteiger partial charge >= 0.3 is 12.1 Å². The van der Waals surface area contributed by atoms with E-state index in [4.69, 9.17) is 11.6 Å². The van der Waals surface area contributed by atoms with Crippen molar-refractivity contribution in [1.29, 1.82) is 0 Å². The molecule has 1 amide bonds. The van der Waals surface area contributed by atoms with Crippen LogP contribution in [0.5, 0.6) is 0 Å². The molecule has 2 aromatic rings. The van der Waals surface area contributed by atoms with Crippen molar-refractivity contribution in [3.05, 3.63) is 63.3 Å². The molecular formula is C16H11ClF4N2O4. The highest BCUT2D eigenvalue weighted by molar-refractivity contribution is 6.31. The highest BCUT2D eigenvalue weighted by atomic mass is 35.5. The number of carbonyl (C=O) groups is 2. The number of hydrogen-bond donors (Lipinski definition) is 1. The van der Waals surface area contributed by atoms with E-state index >= 15 is 0 Å². The monoisotopic (exact) mass is 406 g/mol. The number of alkyl halides is 3. The van der Waals surface area contributed by atoms with Crippen molar-refractivity contribution in [2.24, 2.45) is 0 Å². The van der Waals surface area contributed by atoms with Crippen molar-refractivity contribution in [3.63, 3.8) is 0 Å². The Hall–Kier alpha value is -2.88. The molecule has 0 radical (unpaired) electrons. The molecule has 1 heterocycles. The van der Waals surface area contributed by atoms with Gasteiger partial charge in [0, 0.05) is 18.0 Å². The van der Waals surface area contributed by atoms with Crippen molar-refractivity contribution in [3.8, 4) is 0 Å². The number of rotatable bonds is 5. The molecule has 11 heteroatoms. The Labute approximate surface area is 154 Å². The first-order valence-corrected chi connectivity index (χ1v) is 7.62. The molecule has 0 unspecified atom stereocenters. The van der Waals surface area contributed by atoms with Gasteiger partial charge in [0.05, 0.1) is 10.6 Å². The first-order chi connectivity index (χ1) is 12.6. The summed E-state index contributed by atoms with van der Waals surface area (Å²) in [6, 6.07) is 4.64. The molecule has 0 aliphatic carbocycles. The molecule has 0 aliphatic heterocycles. The second kappa shape index (κ2) is 8.21. The largest absolute Gasteiger partial charge is 0.454 e. The van der Waals surface area contributed by atoms with Crippen molar-refractivity contribution >= 4 is 29.2 Å². The normalized spacial score (nSPS) is 11.1. The number of carbonyl (C=O) groups excluding carboxylic acids is 2. The SMILES string of the molecule is O=C(COC(=O)Cn1cc(C(F)(F)F)ccc1=O)Nc1ccc(F)c(Cl)c1. The van der Waals surface area contributed by atoms with Gasteiger partial charge in [0.15, 0.2) is 6.61 Å². The van der Waals surface area contributed by atoms with Crippen LogP contribution in [0.3, 0.4) is 0 Å². The fourth-order valence-corrected chi connectivity index (χ4v) is 2.10. The molecule has 6 nitrogen and oxygen atoms in total. The summed E-state index contributed by atoms with van der Waals surface area (Å²) in [7, 11) is 0. The smallest absolute Gasteiger partial charge is 0.417 e. The minimum Gasteiger partial charge on any atom is -0.454 e. The minimum atomic E-state index is -4.68. The molecule has 2 rings (SSSR count). The lowest BCUT2D eigenvalue weighted by atomic mass is 10.3. The van der Waals surface area contributed by atoms with Crippen LogP contribution >= 0.6 is 11.6 Å². The van der Waals surface area contributed by atoms with Crippen molar-refractivity contribution in [2.75, 3.05) is 11.9 Å². The van der Waals surface area contributed by atoms with E-state index in [1.807, 2.05) is 0 Å². The van der Waals surface area contributed by atoms with Crippen LogP contribution in [0.25, 0.3) is 0 Å². The number of esters is 1. The second-order valence-electron chi connectivity index (χ2n) is 5.22. The Morgan fingerprint density at radius 1 is 1.19 bits per heavy atom. The lowest BCUT2D eigenvalue weighted by Crippen LogP contribution is -2.28. The molecule has 0 saturated carbocycles. The van der Waals surface area contributed by atoms with E-state index < -0.39 is 48.1 Å². The number of nitrogens with one attached hydrogen (secondary N) is 1. The highest BCUT2D eigenvalue weighted by Crippen LogP contribution is 2.28. The van der Waals surface area contributed by atoms with Gasteiger partial charge in [-0.3, -0.25) is 14.4 Å². The summed E-state index contributed by atoms with van der Waals surface area (Å²) in [5.74, 6) is -2.57. The zero-order valence-corrected chi connectivity index (χ0v) is 14.1. The summed E-state index contributed by atoms with van der Waals surface area (Å²) in [6.07, 6.45) is -4.21. The maximum Gasteiger partial charge on any atom is 0.417 e. The van der Waals surface area contributed by atoms with Gasteiger partial charge in [0.2, 0.25) is 0 Å². The van der Waals surface area contributed by atoms with Gasteiger partial charge in [-0.15, -0.1) is 0 Å². The van der Waals surface area contributed by atoms with Gasteiger partial charge in [-0.25, -0.2) is 4.39 Å². The number of amides is 1. The summed E-state index contributed by atoms with van der Waals surface area (Å²) in [5, 5.41) is 2.06. The van der Waals surface area contributed by atoms with Gasteiger partial charge in [0.25, 0.3) is 11.5 Å². The molecular weight excluding hydrogens is 396 g/mol. The second-order valence-corrected chi connectivity index (χ2v) is 5.63. The number of halogens is 5. The van der Waals surface area contributed by atoms with Crippen LogP contribution in [0.2, 0.25) is 5.02 Å². The van der Waals surface area contributed by atoms with E-state index in [1.165, 1.54) is 6.07 Å². The van der Waals surface area contributed by atoms with E-state index in [0.29, 0.717) is 22.9 Å². The molecule has 0 fully saturated rings. The Bertz CT molecular complexity index is 927. The molecule has 0 bridgehead atoms. The average Bonchev–Trinajstić information content (AvgIpc) is 2.57. The Kier molecular flexibility index (Phi) is 6.21. The molecule has 0 aliphatic rings. The Morgan fingerprint density at radius 2 is 1.89 bits per heavy atom. The zero-order valence-electron chi connectivity index (χ0n) is 13.3. The number of nitrogens with zero attached hydrogens (tertiary/aromatic N) is 1. The standard InChI is InChI=1S/C16H11ClF4N2O4/c17-11-5-10(2-3-12(11)18)22-13(24)8-27-15(26)7-23-6-9(16(19,20)21)1-4-14(23)25/h1-6H,7-8H2,(H,22,24). The van der Waals surface area contributed by atoms with Crippen LogP contribution in [-0.4, -0.2) is 23.1 Å². The number of hydrogen-bond acceptors (Lipinski definition) is 4. The van der Waals surface area contributed by atoms with Gasteiger partial charge in [-0.2, -0.15) is 13.2 Å². The summed E-state index contributed by atoms with van der Waals surface area (Å²) in [5.41, 5.74) is -1.80. The molecule has 1 aromatic carbocycles.